The molecule has 1 aromatic carbocycles. The summed E-state index contributed by atoms with van der Waals surface area (Å²) in [4.78, 5) is 0. The molecule has 0 aliphatic heterocycles. The van der Waals surface area contributed by atoms with Crippen molar-refractivity contribution in [3.8, 4) is 5.75 Å². The van der Waals surface area contributed by atoms with Crippen LogP contribution in [-0.4, -0.2) is 20.2 Å². The van der Waals surface area contributed by atoms with Crippen LogP contribution in [0.5, 0.6) is 5.75 Å². The van der Waals surface area contributed by atoms with Gasteiger partial charge in [0.05, 0.1) is 7.11 Å². The Hall–Kier alpha value is -1.28. The summed E-state index contributed by atoms with van der Waals surface area (Å²) in [6, 6.07) is 6.36. The topological polar surface area (TPSA) is 21.3 Å². The first-order valence-corrected chi connectivity index (χ1v) is 7.17. The molecule has 0 bridgehead atoms. The molecule has 1 aromatic rings. The minimum atomic E-state index is 0.971. The van der Waals surface area contributed by atoms with Gasteiger partial charge in [0, 0.05) is 0 Å². The largest absolute Gasteiger partial charge is 0.496 e. The zero-order valence-electron chi connectivity index (χ0n) is 12.8. The third-order valence-corrected chi connectivity index (χ3v) is 3.15. The van der Waals surface area contributed by atoms with E-state index in [0.717, 1.165) is 31.7 Å². The van der Waals surface area contributed by atoms with Gasteiger partial charge >= 0.3 is 0 Å². The van der Waals surface area contributed by atoms with Crippen LogP contribution in [0.25, 0.3) is 0 Å². The quantitative estimate of drug-likeness (QED) is 0.566. The number of methoxy groups -OCH3 is 1. The Balaban J connectivity index is 2.53. The molecule has 2 heteroatoms. The summed E-state index contributed by atoms with van der Waals surface area (Å²) in [7, 11) is 1.74. The highest BCUT2D eigenvalue weighted by atomic mass is 16.5. The lowest BCUT2D eigenvalue weighted by Crippen LogP contribution is -2.15. The molecule has 1 rings (SSSR count). The second kappa shape index (κ2) is 8.76. The summed E-state index contributed by atoms with van der Waals surface area (Å²) in [6.45, 7) is 8.69. The Labute approximate surface area is 117 Å². The zero-order chi connectivity index (χ0) is 14.1. The second-order valence-electron chi connectivity index (χ2n) is 5.08. The Morgan fingerprint density at radius 2 is 2.11 bits per heavy atom. The van der Waals surface area contributed by atoms with Gasteiger partial charge in [0.25, 0.3) is 0 Å². The van der Waals surface area contributed by atoms with Crippen molar-refractivity contribution >= 4 is 0 Å². The highest BCUT2D eigenvalue weighted by Crippen LogP contribution is 2.22. The highest BCUT2D eigenvalue weighted by molar-refractivity contribution is 5.39. The lowest BCUT2D eigenvalue weighted by molar-refractivity contribution is 0.410. The molecule has 0 aliphatic carbocycles. The first-order valence-electron chi connectivity index (χ1n) is 7.17. The molecule has 0 unspecified atom stereocenters. The summed E-state index contributed by atoms with van der Waals surface area (Å²) >= 11 is 0. The number of ether oxygens (including phenoxy) is 1. The van der Waals surface area contributed by atoms with Crippen molar-refractivity contribution in [3.63, 3.8) is 0 Å². The predicted molar refractivity (Wildman–Crippen MR) is 83.0 cm³/mol. The Kier molecular flexibility index (Phi) is 7.27. The molecule has 0 heterocycles. The summed E-state index contributed by atoms with van der Waals surface area (Å²) in [5.74, 6) is 0.988. The van der Waals surface area contributed by atoms with Crippen molar-refractivity contribution in [2.24, 2.45) is 0 Å². The van der Waals surface area contributed by atoms with Crippen LogP contribution in [0.2, 0.25) is 0 Å². The van der Waals surface area contributed by atoms with Crippen LogP contribution >= 0.6 is 0 Å². The van der Waals surface area contributed by atoms with E-state index in [2.05, 4.69) is 50.4 Å². The number of hydrogen-bond donors (Lipinski definition) is 1. The summed E-state index contributed by atoms with van der Waals surface area (Å²) in [5.41, 5.74) is 3.97. The summed E-state index contributed by atoms with van der Waals surface area (Å²) in [6.07, 6.45) is 5.59. The van der Waals surface area contributed by atoms with E-state index in [-0.39, 0.29) is 0 Å². The van der Waals surface area contributed by atoms with Gasteiger partial charge in [0.15, 0.2) is 0 Å². The number of allylic oxidation sites excluding steroid dienone is 1. The number of aryl methyl sites for hydroxylation is 1. The van der Waals surface area contributed by atoms with Gasteiger partial charge in [-0.1, -0.05) is 36.3 Å². The molecule has 0 aliphatic rings. The van der Waals surface area contributed by atoms with Crippen molar-refractivity contribution in [2.75, 3.05) is 20.2 Å². The number of hydrogen-bond acceptors (Lipinski definition) is 2. The molecular weight excluding hydrogens is 234 g/mol. The predicted octanol–water partition coefficient (Wildman–Crippen LogP) is 3.88. The number of nitrogens with one attached hydrogen (secondary N) is 1. The van der Waals surface area contributed by atoms with Crippen LogP contribution in [0.3, 0.4) is 0 Å². The molecule has 0 amide bonds. The minimum absolute atomic E-state index is 0.971. The first-order chi connectivity index (χ1) is 9.17. The smallest absolute Gasteiger partial charge is 0.122 e. The second-order valence-corrected chi connectivity index (χ2v) is 5.08. The van der Waals surface area contributed by atoms with Crippen molar-refractivity contribution in [2.45, 2.75) is 40.0 Å². The summed E-state index contributed by atoms with van der Waals surface area (Å²) in [5, 5.41) is 3.42. The van der Waals surface area contributed by atoms with Crippen LogP contribution in [0.15, 0.2) is 29.8 Å². The van der Waals surface area contributed by atoms with Crippen molar-refractivity contribution in [3.05, 3.63) is 41.0 Å². The molecule has 0 atom stereocenters. The normalized spacial score (nSPS) is 11.7. The molecule has 106 valence electrons. The fraction of sp³-hybridized carbons (Fsp3) is 0.529. The van der Waals surface area contributed by atoms with E-state index in [0.29, 0.717) is 0 Å². The maximum absolute atomic E-state index is 5.42. The molecule has 1 N–H and O–H groups in total. The Morgan fingerprint density at radius 1 is 1.32 bits per heavy atom. The van der Waals surface area contributed by atoms with E-state index >= 15 is 0 Å². The first kappa shape index (κ1) is 15.8. The van der Waals surface area contributed by atoms with Crippen LogP contribution in [0.1, 0.15) is 37.8 Å². The van der Waals surface area contributed by atoms with Gasteiger partial charge in [-0.2, -0.15) is 0 Å². The van der Waals surface area contributed by atoms with Crippen molar-refractivity contribution < 1.29 is 4.74 Å². The molecule has 19 heavy (non-hydrogen) atoms. The van der Waals surface area contributed by atoms with Crippen molar-refractivity contribution in [1.82, 2.24) is 5.32 Å². The number of benzene rings is 1. The van der Waals surface area contributed by atoms with Gasteiger partial charge in [-0.3, -0.25) is 0 Å². The molecule has 2 nitrogen and oxygen atoms in total. The minimum Gasteiger partial charge on any atom is -0.496 e. The molecule has 0 saturated carbocycles. The lowest BCUT2D eigenvalue weighted by Gasteiger charge is -2.10. The Bertz CT molecular complexity index is 410. The van der Waals surface area contributed by atoms with E-state index in [1.54, 1.807) is 7.11 Å². The van der Waals surface area contributed by atoms with E-state index in [1.165, 1.54) is 23.1 Å². The maximum Gasteiger partial charge on any atom is 0.122 e. The standard InChI is InChI=1S/C17H27NO/c1-5-10-18-11-6-7-14(2)12-16-13-15(3)8-9-17(16)19-4/h7-9,13,18H,5-6,10-12H2,1-4H3. The molecule has 0 saturated heterocycles. The van der Waals surface area contributed by atoms with Gasteiger partial charge in [0.1, 0.15) is 5.75 Å². The lowest BCUT2D eigenvalue weighted by atomic mass is 10.0. The van der Waals surface area contributed by atoms with Gasteiger partial charge in [-0.25, -0.2) is 0 Å². The number of rotatable bonds is 8. The van der Waals surface area contributed by atoms with Gasteiger partial charge in [-0.05, 0) is 57.8 Å². The monoisotopic (exact) mass is 261 g/mol. The van der Waals surface area contributed by atoms with E-state index in [1.807, 2.05) is 0 Å². The SMILES string of the molecule is CCCNCCC=C(C)Cc1cc(C)ccc1OC. The fourth-order valence-corrected chi connectivity index (χ4v) is 2.14. The average Bonchev–Trinajstić information content (AvgIpc) is 2.39. The molecule has 0 radical (unpaired) electrons. The third-order valence-electron chi connectivity index (χ3n) is 3.15. The average molecular weight is 261 g/mol. The van der Waals surface area contributed by atoms with Gasteiger partial charge < -0.3 is 10.1 Å². The molecule has 0 spiro atoms. The third kappa shape index (κ3) is 5.93. The van der Waals surface area contributed by atoms with Crippen LogP contribution in [-0.2, 0) is 6.42 Å². The van der Waals surface area contributed by atoms with Gasteiger partial charge in [0.2, 0.25) is 0 Å². The van der Waals surface area contributed by atoms with E-state index in [4.69, 9.17) is 4.74 Å². The fourth-order valence-electron chi connectivity index (χ4n) is 2.14. The molecule has 0 fully saturated rings. The Morgan fingerprint density at radius 3 is 2.79 bits per heavy atom. The van der Waals surface area contributed by atoms with Crippen LogP contribution in [0.4, 0.5) is 0 Å². The molecular formula is C17H27NO. The van der Waals surface area contributed by atoms with Crippen LogP contribution < -0.4 is 10.1 Å². The van der Waals surface area contributed by atoms with E-state index in [9.17, 15) is 0 Å². The van der Waals surface area contributed by atoms with E-state index < -0.39 is 0 Å². The highest BCUT2D eigenvalue weighted by Gasteiger charge is 2.03. The van der Waals surface area contributed by atoms with Crippen molar-refractivity contribution in [1.29, 1.82) is 0 Å². The van der Waals surface area contributed by atoms with Gasteiger partial charge in [-0.15, -0.1) is 0 Å². The zero-order valence-corrected chi connectivity index (χ0v) is 12.8. The summed E-state index contributed by atoms with van der Waals surface area (Å²) < 4.78 is 5.42. The van der Waals surface area contributed by atoms with Crippen LogP contribution in [0, 0.1) is 6.92 Å². The maximum atomic E-state index is 5.42. The molecule has 0 aromatic heterocycles.